The third-order valence-electron chi connectivity index (χ3n) is 7.45. The van der Waals surface area contributed by atoms with Gasteiger partial charge >= 0.3 is 0 Å². The lowest BCUT2D eigenvalue weighted by molar-refractivity contribution is -0.143. The quantitative estimate of drug-likeness (QED) is 0.202. The largest absolute Gasteiger partial charge is 0.483 e. The number of benzene rings is 4. The minimum Gasteiger partial charge on any atom is -0.483 e. The van der Waals surface area contributed by atoms with E-state index in [-0.39, 0.29) is 31.0 Å². The summed E-state index contributed by atoms with van der Waals surface area (Å²) in [7, 11) is 0. The smallest absolute Gasteiger partial charge is 0.261 e. The monoisotopic (exact) mass is 618 g/mol. The van der Waals surface area contributed by atoms with E-state index in [1.165, 1.54) is 0 Å². The third kappa shape index (κ3) is 6.86. The maximum absolute atomic E-state index is 13.9. The SMILES string of the molecule is O=C(NC1CCCC1)C(Cc1ccccc1)N(Cc1ccccc1Cl)C(=O)COc1ccc2ccccc2c1Br. The van der Waals surface area contributed by atoms with Crippen molar-refractivity contribution < 1.29 is 14.3 Å². The van der Waals surface area contributed by atoms with Crippen LogP contribution < -0.4 is 10.1 Å². The van der Waals surface area contributed by atoms with E-state index in [0.717, 1.165) is 52.1 Å². The second-order valence-electron chi connectivity index (χ2n) is 10.2. The summed E-state index contributed by atoms with van der Waals surface area (Å²) in [5.41, 5.74) is 1.75. The molecule has 1 atom stereocenters. The summed E-state index contributed by atoms with van der Waals surface area (Å²) >= 11 is 10.2. The summed E-state index contributed by atoms with van der Waals surface area (Å²) in [6.07, 6.45) is 4.51. The molecule has 5 nitrogen and oxygen atoms in total. The lowest BCUT2D eigenvalue weighted by Gasteiger charge is -2.32. The third-order valence-corrected chi connectivity index (χ3v) is 8.64. The van der Waals surface area contributed by atoms with Crippen LogP contribution >= 0.6 is 27.5 Å². The molecule has 4 aromatic carbocycles. The highest BCUT2D eigenvalue weighted by Gasteiger charge is 2.32. The minimum absolute atomic E-state index is 0.132. The van der Waals surface area contributed by atoms with Crippen LogP contribution in [0.1, 0.15) is 36.8 Å². The Morgan fingerprint density at radius 3 is 2.40 bits per heavy atom. The number of amides is 2. The lowest BCUT2D eigenvalue weighted by Crippen LogP contribution is -2.53. The first-order chi connectivity index (χ1) is 19.5. The van der Waals surface area contributed by atoms with Gasteiger partial charge in [-0.2, -0.15) is 0 Å². The minimum atomic E-state index is -0.726. The molecule has 7 heteroatoms. The number of halogens is 2. The van der Waals surface area contributed by atoms with E-state index < -0.39 is 6.04 Å². The molecule has 1 saturated carbocycles. The van der Waals surface area contributed by atoms with Crippen LogP contribution in [0.2, 0.25) is 5.02 Å². The van der Waals surface area contributed by atoms with Gasteiger partial charge in [0.2, 0.25) is 5.91 Å². The molecule has 0 spiro atoms. The molecule has 1 N–H and O–H groups in total. The Kier molecular flexibility index (Phi) is 9.40. The van der Waals surface area contributed by atoms with Crippen molar-refractivity contribution in [2.45, 2.75) is 50.7 Å². The van der Waals surface area contributed by atoms with Crippen LogP contribution in [0.5, 0.6) is 5.75 Å². The average molecular weight is 620 g/mol. The number of carbonyl (C=O) groups is 2. The molecule has 0 bridgehead atoms. The normalized spacial score (nSPS) is 14.2. The second kappa shape index (κ2) is 13.3. The summed E-state index contributed by atoms with van der Waals surface area (Å²) in [5.74, 6) is 0.130. The summed E-state index contributed by atoms with van der Waals surface area (Å²) in [5, 5.41) is 5.84. The number of rotatable bonds is 10. The van der Waals surface area contributed by atoms with Crippen LogP contribution in [0.4, 0.5) is 0 Å². The molecule has 0 radical (unpaired) electrons. The van der Waals surface area contributed by atoms with Crippen LogP contribution in [0.3, 0.4) is 0 Å². The van der Waals surface area contributed by atoms with Gasteiger partial charge in [-0.1, -0.05) is 103 Å². The Balaban J connectivity index is 1.44. The average Bonchev–Trinajstić information content (AvgIpc) is 3.49. The standard InChI is InChI=1S/C33H32BrClN2O3/c34-32-27-16-8-4-12-24(27)18-19-30(32)40-22-31(38)37(21-25-13-5-9-17-28(25)35)29(20-23-10-2-1-3-11-23)33(39)36-26-14-6-7-15-26/h1-5,8-13,16-19,26,29H,6-7,14-15,20-22H2,(H,36,39). The maximum atomic E-state index is 13.9. The Morgan fingerprint density at radius 1 is 0.925 bits per heavy atom. The van der Waals surface area contributed by atoms with Crippen molar-refractivity contribution in [3.8, 4) is 5.75 Å². The van der Waals surface area contributed by atoms with E-state index in [4.69, 9.17) is 16.3 Å². The molecular weight excluding hydrogens is 588 g/mol. The number of hydrogen-bond acceptors (Lipinski definition) is 3. The summed E-state index contributed by atoms with van der Waals surface area (Å²) < 4.78 is 6.85. The fourth-order valence-corrected chi connectivity index (χ4v) is 6.08. The highest BCUT2D eigenvalue weighted by atomic mass is 79.9. The van der Waals surface area contributed by atoms with Crippen LogP contribution in [0.25, 0.3) is 10.8 Å². The highest BCUT2D eigenvalue weighted by Crippen LogP contribution is 2.33. The molecule has 1 aliphatic carbocycles. The Morgan fingerprint density at radius 2 is 1.62 bits per heavy atom. The van der Waals surface area contributed by atoms with Crippen molar-refractivity contribution in [2.24, 2.45) is 0 Å². The van der Waals surface area contributed by atoms with Gasteiger partial charge in [0.25, 0.3) is 5.91 Å². The number of fused-ring (bicyclic) bond motifs is 1. The molecule has 1 fully saturated rings. The van der Waals surface area contributed by atoms with E-state index in [0.29, 0.717) is 17.2 Å². The Labute approximate surface area is 248 Å². The molecule has 4 aromatic rings. The van der Waals surface area contributed by atoms with E-state index in [1.807, 2.05) is 84.9 Å². The van der Waals surface area contributed by atoms with E-state index >= 15 is 0 Å². The molecule has 0 saturated heterocycles. The molecule has 1 aliphatic rings. The molecule has 40 heavy (non-hydrogen) atoms. The van der Waals surface area contributed by atoms with Crippen LogP contribution in [0, 0.1) is 0 Å². The number of ether oxygens (including phenoxy) is 1. The predicted molar refractivity (Wildman–Crippen MR) is 163 cm³/mol. The molecule has 2 amide bonds. The van der Waals surface area contributed by atoms with Crippen LogP contribution in [0.15, 0.2) is 95.5 Å². The van der Waals surface area contributed by atoms with Crippen molar-refractivity contribution >= 4 is 50.1 Å². The van der Waals surface area contributed by atoms with Gasteiger partial charge in [0, 0.05) is 24.0 Å². The Hall–Kier alpha value is -3.35. The molecule has 0 aromatic heterocycles. The second-order valence-corrected chi connectivity index (χ2v) is 11.4. The van der Waals surface area contributed by atoms with Gasteiger partial charge in [-0.15, -0.1) is 0 Å². The van der Waals surface area contributed by atoms with Crippen molar-refractivity contribution in [2.75, 3.05) is 6.61 Å². The van der Waals surface area contributed by atoms with Crippen molar-refractivity contribution in [3.05, 3.63) is 112 Å². The number of hydrogen-bond donors (Lipinski definition) is 1. The molecule has 0 heterocycles. The van der Waals surface area contributed by atoms with E-state index in [2.05, 4.69) is 21.2 Å². The first-order valence-electron chi connectivity index (χ1n) is 13.7. The predicted octanol–water partition coefficient (Wildman–Crippen LogP) is 7.33. The fraction of sp³-hybridized carbons (Fsp3) is 0.273. The maximum Gasteiger partial charge on any atom is 0.261 e. The fourth-order valence-electron chi connectivity index (χ4n) is 5.28. The molecule has 5 rings (SSSR count). The first-order valence-corrected chi connectivity index (χ1v) is 14.8. The zero-order valence-corrected chi connectivity index (χ0v) is 24.5. The van der Waals surface area contributed by atoms with Crippen molar-refractivity contribution in [1.82, 2.24) is 10.2 Å². The van der Waals surface area contributed by atoms with Gasteiger partial charge in [0.1, 0.15) is 11.8 Å². The zero-order valence-electron chi connectivity index (χ0n) is 22.2. The summed E-state index contributed by atoms with van der Waals surface area (Å²) in [6, 6.07) is 28.4. The van der Waals surface area contributed by atoms with Gasteiger partial charge in [0.15, 0.2) is 6.61 Å². The molecular formula is C33H32BrClN2O3. The van der Waals surface area contributed by atoms with Crippen molar-refractivity contribution in [3.63, 3.8) is 0 Å². The number of carbonyl (C=O) groups excluding carboxylic acids is 2. The summed E-state index contributed by atoms with van der Waals surface area (Å²) in [4.78, 5) is 29.4. The lowest BCUT2D eigenvalue weighted by atomic mass is 10.0. The van der Waals surface area contributed by atoms with Gasteiger partial charge in [-0.05, 0) is 62.8 Å². The van der Waals surface area contributed by atoms with Gasteiger partial charge in [0.05, 0.1) is 4.47 Å². The van der Waals surface area contributed by atoms with Crippen LogP contribution in [-0.4, -0.2) is 35.4 Å². The number of nitrogens with one attached hydrogen (secondary N) is 1. The molecule has 0 aliphatic heterocycles. The van der Waals surface area contributed by atoms with Crippen LogP contribution in [-0.2, 0) is 22.6 Å². The highest BCUT2D eigenvalue weighted by molar-refractivity contribution is 9.10. The molecule has 206 valence electrons. The first kappa shape index (κ1) is 28.2. The molecule has 1 unspecified atom stereocenters. The van der Waals surface area contributed by atoms with Gasteiger partial charge in [-0.3, -0.25) is 9.59 Å². The number of nitrogens with zero attached hydrogens (tertiary/aromatic N) is 1. The topological polar surface area (TPSA) is 58.6 Å². The van der Waals surface area contributed by atoms with Crippen molar-refractivity contribution in [1.29, 1.82) is 0 Å². The summed E-state index contributed by atoms with van der Waals surface area (Å²) in [6.45, 7) is -0.0280. The van der Waals surface area contributed by atoms with E-state index in [1.54, 1.807) is 11.0 Å². The zero-order chi connectivity index (χ0) is 27.9. The van der Waals surface area contributed by atoms with Gasteiger partial charge in [-0.25, -0.2) is 0 Å². The van der Waals surface area contributed by atoms with E-state index in [9.17, 15) is 9.59 Å². The Bertz CT molecular complexity index is 1470. The van der Waals surface area contributed by atoms with Gasteiger partial charge < -0.3 is 15.0 Å².